The predicted octanol–water partition coefficient (Wildman–Crippen LogP) is 5.56. The van der Waals surface area contributed by atoms with Crippen LogP contribution in [0.1, 0.15) is 26.3 Å². The number of carbonyl (C=O) groups excluding carboxylic acids is 2. The van der Waals surface area contributed by atoms with Gasteiger partial charge in [-0.25, -0.2) is 4.79 Å². The van der Waals surface area contributed by atoms with Gasteiger partial charge in [0.1, 0.15) is 23.7 Å². The number of benzene rings is 3. The van der Waals surface area contributed by atoms with Gasteiger partial charge in [-0.2, -0.15) is 8.78 Å². The standard InChI is InChI=1S/C23H17ClF2O5/c24-17-9-5-15(6-10-17)13-29-21-4-2-1-3-19(21)22(28)30-14-20(27)16-7-11-18(12-8-16)31-23(25)26/h1-12,23H,13-14H2. The fourth-order valence-electron chi connectivity index (χ4n) is 2.62. The van der Waals surface area contributed by atoms with Crippen LogP contribution < -0.4 is 9.47 Å². The molecule has 0 saturated heterocycles. The topological polar surface area (TPSA) is 61.8 Å². The van der Waals surface area contributed by atoms with Crippen molar-refractivity contribution in [2.24, 2.45) is 0 Å². The van der Waals surface area contributed by atoms with E-state index in [1.807, 2.05) is 0 Å². The lowest BCUT2D eigenvalue weighted by Gasteiger charge is -2.11. The minimum atomic E-state index is -2.95. The summed E-state index contributed by atoms with van der Waals surface area (Å²) in [5.74, 6) is -0.979. The third kappa shape index (κ3) is 6.52. The Morgan fingerprint density at radius 1 is 0.903 bits per heavy atom. The average molecular weight is 447 g/mol. The van der Waals surface area contributed by atoms with Gasteiger partial charge in [0.15, 0.2) is 12.4 Å². The molecule has 3 aromatic carbocycles. The van der Waals surface area contributed by atoms with Crippen molar-refractivity contribution in [2.75, 3.05) is 6.61 Å². The van der Waals surface area contributed by atoms with Crippen molar-refractivity contribution in [2.45, 2.75) is 13.2 Å². The molecule has 0 heterocycles. The molecule has 0 unspecified atom stereocenters. The van der Waals surface area contributed by atoms with Crippen molar-refractivity contribution in [1.82, 2.24) is 0 Å². The highest BCUT2D eigenvalue weighted by molar-refractivity contribution is 6.30. The molecule has 0 bridgehead atoms. The third-order valence-corrected chi connectivity index (χ3v) is 4.40. The Labute approximate surface area is 182 Å². The van der Waals surface area contributed by atoms with Crippen molar-refractivity contribution in [3.8, 4) is 11.5 Å². The molecule has 5 nitrogen and oxygen atoms in total. The number of hydrogen-bond donors (Lipinski definition) is 0. The SMILES string of the molecule is O=C(COC(=O)c1ccccc1OCc1ccc(Cl)cc1)c1ccc(OC(F)F)cc1. The van der Waals surface area contributed by atoms with Gasteiger partial charge in [-0.15, -0.1) is 0 Å². The fourth-order valence-corrected chi connectivity index (χ4v) is 2.74. The first-order valence-electron chi connectivity index (χ1n) is 9.14. The molecule has 0 atom stereocenters. The van der Waals surface area contributed by atoms with Crippen molar-refractivity contribution in [3.63, 3.8) is 0 Å². The number of alkyl halides is 2. The van der Waals surface area contributed by atoms with Crippen LogP contribution >= 0.6 is 11.6 Å². The van der Waals surface area contributed by atoms with Crippen LogP contribution in [0.25, 0.3) is 0 Å². The summed E-state index contributed by atoms with van der Waals surface area (Å²) in [6, 6.07) is 18.7. The van der Waals surface area contributed by atoms with Crippen LogP contribution in [0, 0.1) is 0 Å². The van der Waals surface area contributed by atoms with Gasteiger partial charge >= 0.3 is 12.6 Å². The Balaban J connectivity index is 1.59. The summed E-state index contributed by atoms with van der Waals surface area (Å²) in [7, 11) is 0. The van der Waals surface area contributed by atoms with Crippen LogP contribution in [0.3, 0.4) is 0 Å². The fraction of sp³-hybridized carbons (Fsp3) is 0.130. The number of rotatable bonds is 9. The minimum absolute atomic E-state index is 0.0738. The predicted molar refractivity (Wildman–Crippen MR) is 110 cm³/mol. The molecule has 3 rings (SSSR count). The smallest absolute Gasteiger partial charge is 0.387 e. The molecule has 0 fully saturated rings. The van der Waals surface area contributed by atoms with Crippen LogP contribution in [-0.2, 0) is 11.3 Å². The first-order valence-corrected chi connectivity index (χ1v) is 9.51. The lowest BCUT2D eigenvalue weighted by Crippen LogP contribution is -2.15. The number of hydrogen-bond acceptors (Lipinski definition) is 5. The average Bonchev–Trinajstić information content (AvgIpc) is 2.77. The maximum atomic E-state index is 12.5. The summed E-state index contributed by atoms with van der Waals surface area (Å²) in [5, 5.41) is 0.605. The zero-order chi connectivity index (χ0) is 22.2. The van der Waals surface area contributed by atoms with E-state index < -0.39 is 25.0 Å². The Morgan fingerprint density at radius 2 is 1.58 bits per heavy atom. The summed E-state index contributed by atoms with van der Waals surface area (Å²) in [6.07, 6.45) is 0. The van der Waals surface area contributed by atoms with Crippen molar-refractivity contribution >= 4 is 23.4 Å². The quantitative estimate of drug-likeness (QED) is 0.318. The van der Waals surface area contributed by atoms with E-state index in [1.54, 1.807) is 42.5 Å². The van der Waals surface area contributed by atoms with Crippen molar-refractivity contribution < 1.29 is 32.6 Å². The molecular formula is C23H17ClF2O5. The molecule has 0 aromatic heterocycles. The minimum Gasteiger partial charge on any atom is -0.488 e. The van der Waals surface area contributed by atoms with Crippen LogP contribution in [0.2, 0.25) is 5.02 Å². The number of para-hydroxylation sites is 1. The number of carbonyl (C=O) groups is 2. The Kier molecular flexibility index (Phi) is 7.56. The highest BCUT2D eigenvalue weighted by atomic mass is 35.5. The summed E-state index contributed by atoms with van der Waals surface area (Å²) >= 11 is 5.86. The van der Waals surface area contributed by atoms with E-state index in [-0.39, 0.29) is 23.5 Å². The van der Waals surface area contributed by atoms with Crippen molar-refractivity contribution in [3.05, 3.63) is 94.5 Å². The van der Waals surface area contributed by atoms with E-state index in [4.69, 9.17) is 21.1 Å². The second kappa shape index (κ2) is 10.5. The summed E-state index contributed by atoms with van der Waals surface area (Å²) in [4.78, 5) is 24.7. The number of halogens is 3. The van der Waals surface area contributed by atoms with Gasteiger partial charge < -0.3 is 14.2 Å². The molecule has 31 heavy (non-hydrogen) atoms. The molecule has 0 aliphatic rings. The van der Waals surface area contributed by atoms with Gasteiger partial charge in [0.05, 0.1) is 0 Å². The van der Waals surface area contributed by atoms with E-state index in [0.717, 1.165) is 5.56 Å². The molecule has 8 heteroatoms. The summed E-state index contributed by atoms with van der Waals surface area (Å²) in [6.45, 7) is -3.25. The Bertz CT molecular complexity index is 1040. The maximum Gasteiger partial charge on any atom is 0.387 e. The number of ketones is 1. The number of ether oxygens (including phenoxy) is 3. The van der Waals surface area contributed by atoms with Gasteiger partial charge in [0.2, 0.25) is 0 Å². The lowest BCUT2D eigenvalue weighted by molar-refractivity contribution is -0.0498. The van der Waals surface area contributed by atoms with Gasteiger partial charge in [-0.3, -0.25) is 4.79 Å². The zero-order valence-corrected chi connectivity index (χ0v) is 16.9. The molecule has 0 amide bonds. The number of esters is 1. The van der Waals surface area contributed by atoms with Crippen LogP contribution in [0.5, 0.6) is 11.5 Å². The second-order valence-corrected chi connectivity index (χ2v) is 6.75. The second-order valence-electron chi connectivity index (χ2n) is 6.31. The number of Topliss-reactive ketones (excluding diaryl/α,β-unsaturated/α-hetero) is 1. The van der Waals surface area contributed by atoms with E-state index >= 15 is 0 Å². The summed E-state index contributed by atoms with van der Waals surface area (Å²) in [5.41, 5.74) is 1.23. The monoisotopic (exact) mass is 446 g/mol. The van der Waals surface area contributed by atoms with Gasteiger partial charge in [0, 0.05) is 10.6 Å². The molecule has 160 valence electrons. The highest BCUT2D eigenvalue weighted by Crippen LogP contribution is 2.21. The molecule has 0 radical (unpaired) electrons. The van der Waals surface area contributed by atoms with E-state index in [9.17, 15) is 18.4 Å². The van der Waals surface area contributed by atoms with Gasteiger partial charge in [0.25, 0.3) is 0 Å². The maximum absolute atomic E-state index is 12.5. The van der Waals surface area contributed by atoms with E-state index in [0.29, 0.717) is 10.8 Å². The highest BCUT2D eigenvalue weighted by Gasteiger charge is 2.16. The molecule has 0 aliphatic heterocycles. The van der Waals surface area contributed by atoms with Crippen LogP contribution in [-0.4, -0.2) is 25.0 Å². The molecular weight excluding hydrogens is 430 g/mol. The normalized spacial score (nSPS) is 10.6. The molecule has 0 saturated carbocycles. The summed E-state index contributed by atoms with van der Waals surface area (Å²) < 4.78 is 39.4. The first kappa shape index (κ1) is 22.2. The van der Waals surface area contributed by atoms with Crippen LogP contribution in [0.4, 0.5) is 8.78 Å². The van der Waals surface area contributed by atoms with Crippen molar-refractivity contribution in [1.29, 1.82) is 0 Å². The van der Waals surface area contributed by atoms with Crippen LogP contribution in [0.15, 0.2) is 72.8 Å². The van der Waals surface area contributed by atoms with E-state index in [2.05, 4.69) is 4.74 Å². The largest absolute Gasteiger partial charge is 0.488 e. The van der Waals surface area contributed by atoms with Gasteiger partial charge in [-0.1, -0.05) is 35.9 Å². The zero-order valence-electron chi connectivity index (χ0n) is 16.1. The van der Waals surface area contributed by atoms with Gasteiger partial charge in [-0.05, 0) is 54.1 Å². The third-order valence-electron chi connectivity index (χ3n) is 4.15. The van der Waals surface area contributed by atoms with E-state index in [1.165, 1.54) is 30.3 Å². The molecule has 3 aromatic rings. The lowest BCUT2D eigenvalue weighted by atomic mass is 10.1. The molecule has 0 aliphatic carbocycles. The Morgan fingerprint density at radius 3 is 2.26 bits per heavy atom. The molecule has 0 spiro atoms. The Hall–Kier alpha value is -3.45. The molecule has 0 N–H and O–H groups in total. The first-order chi connectivity index (χ1) is 14.9.